The van der Waals surface area contributed by atoms with Crippen molar-refractivity contribution >= 4 is 50.0 Å². The first kappa shape index (κ1) is 20.6. The highest BCUT2D eigenvalue weighted by Gasteiger charge is 2.17. The highest BCUT2D eigenvalue weighted by Crippen LogP contribution is 2.30. The molecule has 30 heavy (non-hydrogen) atoms. The Hall–Kier alpha value is -2.69. The Bertz CT molecular complexity index is 1280. The van der Waals surface area contributed by atoms with E-state index in [4.69, 9.17) is 16.6 Å². The van der Waals surface area contributed by atoms with E-state index >= 15 is 0 Å². The fourth-order valence-electron chi connectivity index (χ4n) is 3.52. The van der Waals surface area contributed by atoms with E-state index in [2.05, 4.69) is 27.3 Å². The van der Waals surface area contributed by atoms with Crippen LogP contribution in [-0.2, 0) is 0 Å². The van der Waals surface area contributed by atoms with Crippen molar-refractivity contribution in [2.24, 2.45) is 0 Å². The maximum atomic E-state index is 13.3. The van der Waals surface area contributed by atoms with Crippen LogP contribution >= 0.6 is 27.5 Å². The summed E-state index contributed by atoms with van der Waals surface area (Å²) >= 11 is 9.71. The van der Waals surface area contributed by atoms with E-state index in [9.17, 15) is 4.79 Å². The molecule has 0 saturated carbocycles. The van der Waals surface area contributed by atoms with Crippen LogP contribution < -0.4 is 5.32 Å². The summed E-state index contributed by atoms with van der Waals surface area (Å²) in [5.74, 6) is -0.218. The Morgan fingerprint density at radius 1 is 0.933 bits per heavy atom. The lowest BCUT2D eigenvalue weighted by Crippen LogP contribution is -2.13. The molecule has 3 nitrogen and oxygen atoms in total. The summed E-state index contributed by atoms with van der Waals surface area (Å²) in [7, 11) is 0. The van der Waals surface area contributed by atoms with Gasteiger partial charge in [-0.15, -0.1) is 0 Å². The second-order valence-corrected chi connectivity index (χ2v) is 8.80. The van der Waals surface area contributed by atoms with E-state index in [0.29, 0.717) is 16.3 Å². The maximum absolute atomic E-state index is 13.3. The van der Waals surface area contributed by atoms with Crippen LogP contribution in [0.25, 0.3) is 22.2 Å². The molecule has 0 aliphatic rings. The number of anilines is 1. The SMILES string of the molecule is Cc1ccc(-c2cc(C(=O)Nc3ccc(Br)cc3Cl)c3cc(C)cc(C)c3n2)cc1. The zero-order chi connectivity index (χ0) is 21.4. The van der Waals surface area contributed by atoms with Gasteiger partial charge in [-0.1, -0.05) is 69.0 Å². The molecule has 0 aliphatic heterocycles. The molecule has 5 heteroatoms. The number of rotatable bonds is 3. The van der Waals surface area contributed by atoms with Crippen LogP contribution in [0.2, 0.25) is 5.02 Å². The third-order valence-corrected chi connectivity index (χ3v) is 5.83. The van der Waals surface area contributed by atoms with Gasteiger partial charge >= 0.3 is 0 Å². The molecule has 0 unspecified atom stereocenters. The van der Waals surface area contributed by atoms with E-state index in [1.165, 1.54) is 5.56 Å². The second kappa shape index (κ2) is 8.21. The summed E-state index contributed by atoms with van der Waals surface area (Å²) < 4.78 is 0.854. The van der Waals surface area contributed by atoms with Gasteiger partial charge in [0.1, 0.15) is 0 Å². The summed E-state index contributed by atoms with van der Waals surface area (Å²) in [6.45, 7) is 6.09. The third kappa shape index (κ3) is 4.11. The Morgan fingerprint density at radius 2 is 1.67 bits per heavy atom. The van der Waals surface area contributed by atoms with Crippen LogP contribution in [0.5, 0.6) is 0 Å². The molecule has 0 bridgehead atoms. The quantitative estimate of drug-likeness (QED) is 0.330. The maximum Gasteiger partial charge on any atom is 0.256 e. The van der Waals surface area contributed by atoms with Crippen molar-refractivity contribution in [3.63, 3.8) is 0 Å². The van der Waals surface area contributed by atoms with Gasteiger partial charge < -0.3 is 5.32 Å². The number of hydrogen-bond donors (Lipinski definition) is 1. The van der Waals surface area contributed by atoms with Gasteiger partial charge in [-0.05, 0) is 56.7 Å². The van der Waals surface area contributed by atoms with Crippen molar-refractivity contribution in [3.8, 4) is 11.3 Å². The van der Waals surface area contributed by atoms with Gasteiger partial charge in [0.05, 0.1) is 27.5 Å². The molecule has 0 aliphatic carbocycles. The summed E-state index contributed by atoms with van der Waals surface area (Å²) in [5.41, 5.74) is 6.99. The molecule has 0 radical (unpaired) electrons. The largest absolute Gasteiger partial charge is 0.321 e. The first-order chi connectivity index (χ1) is 14.3. The first-order valence-corrected chi connectivity index (χ1v) is 10.7. The number of hydrogen-bond acceptors (Lipinski definition) is 2. The van der Waals surface area contributed by atoms with Crippen molar-refractivity contribution in [1.82, 2.24) is 4.98 Å². The van der Waals surface area contributed by atoms with E-state index in [1.807, 2.05) is 63.2 Å². The number of amides is 1. The standard InChI is InChI=1S/C25H20BrClN2O/c1-14-4-6-17(7-5-14)23-13-20(19-11-15(2)10-16(3)24(19)28-23)25(30)29-22-9-8-18(26)12-21(22)27/h4-13H,1-3H3,(H,29,30). The topological polar surface area (TPSA) is 42.0 Å². The van der Waals surface area contributed by atoms with Crippen molar-refractivity contribution in [2.45, 2.75) is 20.8 Å². The Kier molecular flexibility index (Phi) is 5.63. The molecule has 4 aromatic rings. The van der Waals surface area contributed by atoms with Crippen LogP contribution in [0, 0.1) is 20.8 Å². The van der Waals surface area contributed by atoms with Crippen LogP contribution in [0.4, 0.5) is 5.69 Å². The molecule has 4 rings (SSSR count). The monoisotopic (exact) mass is 478 g/mol. The van der Waals surface area contributed by atoms with Gasteiger partial charge in [-0.3, -0.25) is 4.79 Å². The van der Waals surface area contributed by atoms with Crippen LogP contribution in [0.1, 0.15) is 27.0 Å². The minimum absolute atomic E-state index is 0.218. The third-order valence-electron chi connectivity index (χ3n) is 5.02. The molecule has 1 amide bonds. The number of pyridine rings is 1. The Labute approximate surface area is 189 Å². The molecular formula is C25H20BrClN2O. The molecule has 0 spiro atoms. The lowest BCUT2D eigenvalue weighted by Gasteiger charge is -2.14. The predicted octanol–water partition coefficient (Wildman–Crippen LogP) is 7.50. The normalized spacial score (nSPS) is 11.0. The van der Waals surface area contributed by atoms with Crippen LogP contribution in [-0.4, -0.2) is 10.9 Å². The van der Waals surface area contributed by atoms with Crippen LogP contribution in [0.15, 0.2) is 65.1 Å². The van der Waals surface area contributed by atoms with Crippen molar-refractivity contribution in [1.29, 1.82) is 0 Å². The Balaban J connectivity index is 1.87. The van der Waals surface area contributed by atoms with Crippen LogP contribution in [0.3, 0.4) is 0 Å². The molecule has 0 saturated heterocycles. The number of aryl methyl sites for hydroxylation is 3. The van der Waals surface area contributed by atoms with Crippen molar-refractivity contribution in [3.05, 3.63) is 92.4 Å². The number of aromatic nitrogens is 1. The molecule has 3 aromatic carbocycles. The lowest BCUT2D eigenvalue weighted by molar-refractivity contribution is 0.102. The average molecular weight is 480 g/mol. The van der Waals surface area contributed by atoms with Gasteiger partial charge in [-0.2, -0.15) is 0 Å². The van der Waals surface area contributed by atoms with Gasteiger partial charge in [-0.25, -0.2) is 4.98 Å². The number of nitrogens with one attached hydrogen (secondary N) is 1. The van der Waals surface area contributed by atoms with E-state index in [0.717, 1.165) is 37.8 Å². The molecule has 0 atom stereocenters. The molecule has 1 heterocycles. The summed E-state index contributed by atoms with van der Waals surface area (Å²) in [6.07, 6.45) is 0. The predicted molar refractivity (Wildman–Crippen MR) is 128 cm³/mol. The van der Waals surface area contributed by atoms with Crippen molar-refractivity contribution < 1.29 is 4.79 Å². The van der Waals surface area contributed by atoms with Crippen molar-refractivity contribution in [2.75, 3.05) is 5.32 Å². The highest BCUT2D eigenvalue weighted by molar-refractivity contribution is 9.10. The van der Waals surface area contributed by atoms with E-state index in [-0.39, 0.29) is 5.91 Å². The zero-order valence-corrected chi connectivity index (χ0v) is 19.2. The molecule has 150 valence electrons. The molecular weight excluding hydrogens is 460 g/mol. The number of carbonyl (C=O) groups is 1. The molecule has 0 fully saturated rings. The first-order valence-electron chi connectivity index (χ1n) is 9.57. The Morgan fingerprint density at radius 3 is 2.37 bits per heavy atom. The summed E-state index contributed by atoms with van der Waals surface area (Å²) in [6, 6.07) is 19.5. The number of carbonyl (C=O) groups excluding carboxylic acids is 1. The van der Waals surface area contributed by atoms with Gasteiger partial charge in [0.15, 0.2) is 0 Å². The smallest absolute Gasteiger partial charge is 0.256 e. The second-order valence-electron chi connectivity index (χ2n) is 7.48. The van der Waals surface area contributed by atoms with Gasteiger partial charge in [0.2, 0.25) is 0 Å². The zero-order valence-electron chi connectivity index (χ0n) is 16.9. The highest BCUT2D eigenvalue weighted by atomic mass is 79.9. The molecule has 1 aromatic heterocycles. The number of nitrogens with zero attached hydrogens (tertiary/aromatic N) is 1. The fraction of sp³-hybridized carbons (Fsp3) is 0.120. The summed E-state index contributed by atoms with van der Waals surface area (Å²) in [4.78, 5) is 18.2. The summed E-state index contributed by atoms with van der Waals surface area (Å²) in [5, 5.41) is 4.26. The number of halogens is 2. The van der Waals surface area contributed by atoms with Gasteiger partial charge in [0.25, 0.3) is 5.91 Å². The minimum atomic E-state index is -0.218. The average Bonchev–Trinajstić information content (AvgIpc) is 2.70. The molecule has 1 N–H and O–H groups in total. The minimum Gasteiger partial charge on any atom is -0.321 e. The van der Waals surface area contributed by atoms with E-state index < -0.39 is 0 Å². The number of benzene rings is 3. The fourth-order valence-corrected chi connectivity index (χ4v) is 4.24. The van der Waals surface area contributed by atoms with Gasteiger partial charge in [0, 0.05) is 15.4 Å². The van der Waals surface area contributed by atoms with E-state index in [1.54, 1.807) is 12.1 Å². The number of fused-ring (bicyclic) bond motifs is 1. The lowest BCUT2D eigenvalue weighted by atomic mass is 9.99.